The van der Waals surface area contributed by atoms with E-state index in [1.807, 2.05) is 0 Å². The minimum atomic E-state index is -0.573. The number of nitrogens with zero attached hydrogens (tertiary/aromatic N) is 3. The minimum absolute atomic E-state index is 0.0357. The normalized spacial score (nSPS) is 17.9. The largest absolute Gasteiger partial charge is 0.397 e. The van der Waals surface area contributed by atoms with Crippen LogP contribution in [0.5, 0.6) is 0 Å². The van der Waals surface area contributed by atoms with Gasteiger partial charge < -0.3 is 16.8 Å². The average Bonchev–Trinajstić information content (AvgIpc) is 3.47. The molecular weight excluding hydrogens is 359 g/mol. The van der Waals surface area contributed by atoms with Gasteiger partial charge in [0.1, 0.15) is 5.82 Å². The topological polar surface area (TPSA) is 131 Å². The zero-order valence-corrected chi connectivity index (χ0v) is 15.0. The van der Waals surface area contributed by atoms with Gasteiger partial charge in [0.25, 0.3) is 0 Å². The highest BCUT2D eigenvalue weighted by atomic mass is 19.1. The number of benzene rings is 1. The zero-order valence-electron chi connectivity index (χ0n) is 15.0. The van der Waals surface area contributed by atoms with Gasteiger partial charge in [0.05, 0.1) is 35.5 Å². The molecular formula is C20H17FN6O. The Morgan fingerprint density at radius 3 is 2.79 bits per heavy atom. The van der Waals surface area contributed by atoms with Gasteiger partial charge in [-0.15, -0.1) is 0 Å². The number of amides is 1. The SMILES string of the molecule is Cc1c(N)cncc1-c1cc2cc(NC(=O)[C@H]3C[C@@H]3C#N)ncc2c(N)c1F. The molecule has 1 amide bonds. The predicted octanol–water partition coefficient (Wildman–Crippen LogP) is 3.01. The lowest BCUT2D eigenvalue weighted by Crippen LogP contribution is -2.15. The molecule has 8 heteroatoms. The van der Waals surface area contributed by atoms with Gasteiger partial charge in [-0.2, -0.15) is 5.26 Å². The molecule has 1 aliphatic carbocycles. The zero-order chi connectivity index (χ0) is 20.0. The summed E-state index contributed by atoms with van der Waals surface area (Å²) >= 11 is 0. The van der Waals surface area contributed by atoms with E-state index in [0.717, 1.165) is 0 Å². The van der Waals surface area contributed by atoms with Gasteiger partial charge in [0.15, 0.2) is 5.82 Å². The molecule has 28 heavy (non-hydrogen) atoms. The number of nitrogens with one attached hydrogen (secondary N) is 1. The van der Waals surface area contributed by atoms with Crippen LogP contribution in [0, 0.1) is 35.9 Å². The summed E-state index contributed by atoms with van der Waals surface area (Å²) in [5.74, 6) is -1.05. The van der Waals surface area contributed by atoms with Gasteiger partial charge in [-0.05, 0) is 36.4 Å². The van der Waals surface area contributed by atoms with Crippen LogP contribution < -0.4 is 16.8 Å². The Bertz CT molecular complexity index is 1170. The molecule has 0 radical (unpaired) electrons. The number of pyridine rings is 2. The molecule has 0 bridgehead atoms. The lowest BCUT2D eigenvalue weighted by atomic mass is 9.97. The summed E-state index contributed by atoms with van der Waals surface area (Å²) in [4.78, 5) is 20.4. The summed E-state index contributed by atoms with van der Waals surface area (Å²) in [7, 11) is 0. The maximum Gasteiger partial charge on any atom is 0.230 e. The number of nitrogens with two attached hydrogens (primary N) is 2. The Balaban J connectivity index is 1.76. The number of aromatic nitrogens is 2. The first-order chi connectivity index (χ1) is 13.4. The lowest BCUT2D eigenvalue weighted by Gasteiger charge is -2.13. The molecule has 0 spiro atoms. The van der Waals surface area contributed by atoms with Crippen molar-refractivity contribution in [2.45, 2.75) is 13.3 Å². The van der Waals surface area contributed by atoms with E-state index in [9.17, 15) is 9.18 Å². The van der Waals surface area contributed by atoms with Crippen molar-refractivity contribution < 1.29 is 9.18 Å². The monoisotopic (exact) mass is 376 g/mol. The predicted molar refractivity (Wildman–Crippen MR) is 104 cm³/mol. The van der Waals surface area contributed by atoms with E-state index in [-0.39, 0.29) is 29.0 Å². The summed E-state index contributed by atoms with van der Waals surface area (Å²) in [6.07, 6.45) is 5.02. The lowest BCUT2D eigenvalue weighted by molar-refractivity contribution is -0.117. The van der Waals surface area contributed by atoms with Crippen LogP contribution in [-0.4, -0.2) is 15.9 Å². The molecule has 1 aromatic carbocycles. The fourth-order valence-electron chi connectivity index (χ4n) is 3.22. The number of anilines is 3. The molecule has 2 atom stereocenters. The maximum atomic E-state index is 14.9. The highest BCUT2D eigenvalue weighted by molar-refractivity contribution is 6.00. The number of carbonyl (C=O) groups excluding carboxylic acids is 1. The van der Waals surface area contributed by atoms with E-state index in [1.165, 1.54) is 18.6 Å². The van der Waals surface area contributed by atoms with Crippen molar-refractivity contribution in [3.63, 3.8) is 0 Å². The summed E-state index contributed by atoms with van der Waals surface area (Å²) in [6, 6.07) is 5.35. The third-order valence-corrected chi connectivity index (χ3v) is 5.09. The van der Waals surface area contributed by atoms with Gasteiger partial charge in [-0.25, -0.2) is 9.37 Å². The quantitative estimate of drug-likeness (QED) is 0.602. The first kappa shape index (κ1) is 17.7. The number of hydrogen-bond acceptors (Lipinski definition) is 6. The molecule has 2 aromatic heterocycles. The van der Waals surface area contributed by atoms with Crippen molar-refractivity contribution in [3.8, 4) is 17.2 Å². The van der Waals surface area contributed by atoms with Crippen LogP contribution in [0.15, 0.2) is 30.7 Å². The number of hydrogen-bond donors (Lipinski definition) is 3. The van der Waals surface area contributed by atoms with Crippen molar-refractivity contribution in [2.75, 3.05) is 16.8 Å². The first-order valence-corrected chi connectivity index (χ1v) is 8.69. The van der Waals surface area contributed by atoms with E-state index in [2.05, 4.69) is 21.4 Å². The Labute approximate surface area is 160 Å². The number of nitrogen functional groups attached to an aromatic ring is 2. The first-order valence-electron chi connectivity index (χ1n) is 8.69. The average molecular weight is 376 g/mol. The Morgan fingerprint density at radius 2 is 2.07 bits per heavy atom. The molecule has 1 saturated carbocycles. The molecule has 7 nitrogen and oxygen atoms in total. The molecule has 3 aromatic rings. The summed E-state index contributed by atoms with van der Waals surface area (Å²) < 4.78 is 14.9. The van der Waals surface area contributed by atoms with Crippen molar-refractivity contribution in [1.82, 2.24) is 9.97 Å². The standard InChI is InChI=1S/C20H17FN6O/c1-9-14(6-25-8-16(9)23)13-2-10-4-17(26-7-15(10)19(24)18(13)21)27-20(28)12-3-11(12)5-22/h2,4,6-8,11-12H,3,23-24H2,1H3,(H,26,27,28)/t11-,12+/m1/s1. The smallest absolute Gasteiger partial charge is 0.230 e. The highest BCUT2D eigenvalue weighted by Crippen LogP contribution is 2.39. The second kappa shape index (κ2) is 6.46. The fraction of sp³-hybridized carbons (Fsp3) is 0.200. The van der Waals surface area contributed by atoms with Crippen molar-refractivity contribution >= 4 is 33.9 Å². The number of carbonyl (C=O) groups is 1. The van der Waals surface area contributed by atoms with Crippen LogP contribution in [0.4, 0.5) is 21.6 Å². The summed E-state index contributed by atoms with van der Waals surface area (Å²) in [6.45, 7) is 1.78. The van der Waals surface area contributed by atoms with Gasteiger partial charge in [0, 0.05) is 28.9 Å². The van der Waals surface area contributed by atoms with Gasteiger partial charge in [0.2, 0.25) is 5.91 Å². The Morgan fingerprint density at radius 1 is 1.29 bits per heavy atom. The molecule has 0 unspecified atom stereocenters. The Kier molecular flexibility index (Phi) is 4.08. The molecule has 4 rings (SSSR count). The molecule has 1 aliphatic rings. The minimum Gasteiger partial charge on any atom is -0.397 e. The molecule has 140 valence electrons. The van der Waals surface area contributed by atoms with Crippen LogP contribution in [0.1, 0.15) is 12.0 Å². The van der Waals surface area contributed by atoms with E-state index in [4.69, 9.17) is 16.7 Å². The summed E-state index contributed by atoms with van der Waals surface area (Å²) in [5, 5.41) is 12.6. The molecule has 0 saturated heterocycles. The number of halogens is 1. The highest BCUT2D eigenvalue weighted by Gasteiger charge is 2.43. The second-order valence-corrected chi connectivity index (χ2v) is 6.91. The molecule has 1 fully saturated rings. The number of nitriles is 1. The van der Waals surface area contributed by atoms with Gasteiger partial charge in [-0.1, -0.05) is 0 Å². The Hall–Kier alpha value is -3.73. The van der Waals surface area contributed by atoms with E-state index in [0.29, 0.717) is 39.8 Å². The third kappa shape index (κ3) is 2.87. The van der Waals surface area contributed by atoms with E-state index in [1.54, 1.807) is 19.1 Å². The van der Waals surface area contributed by atoms with Crippen LogP contribution in [0.2, 0.25) is 0 Å². The molecule has 5 N–H and O–H groups in total. The van der Waals surface area contributed by atoms with E-state index >= 15 is 0 Å². The second-order valence-electron chi connectivity index (χ2n) is 6.91. The van der Waals surface area contributed by atoms with Gasteiger partial charge in [-0.3, -0.25) is 9.78 Å². The van der Waals surface area contributed by atoms with Crippen molar-refractivity contribution in [3.05, 3.63) is 42.1 Å². The summed E-state index contributed by atoms with van der Waals surface area (Å²) in [5.41, 5.74) is 13.8. The van der Waals surface area contributed by atoms with Crippen LogP contribution in [0.3, 0.4) is 0 Å². The maximum absolute atomic E-state index is 14.9. The van der Waals surface area contributed by atoms with Crippen LogP contribution in [-0.2, 0) is 4.79 Å². The molecule has 2 heterocycles. The van der Waals surface area contributed by atoms with Gasteiger partial charge >= 0.3 is 0 Å². The number of fused-ring (bicyclic) bond motifs is 1. The number of rotatable bonds is 3. The fourth-order valence-corrected chi connectivity index (χ4v) is 3.22. The molecule has 0 aliphatic heterocycles. The van der Waals surface area contributed by atoms with Crippen molar-refractivity contribution in [2.24, 2.45) is 11.8 Å². The van der Waals surface area contributed by atoms with Crippen LogP contribution >= 0.6 is 0 Å². The van der Waals surface area contributed by atoms with Crippen molar-refractivity contribution in [1.29, 1.82) is 5.26 Å². The van der Waals surface area contributed by atoms with E-state index < -0.39 is 5.82 Å². The van der Waals surface area contributed by atoms with Crippen LogP contribution in [0.25, 0.3) is 21.9 Å². The third-order valence-electron chi connectivity index (χ3n) is 5.09.